The van der Waals surface area contributed by atoms with Crippen molar-refractivity contribution in [1.82, 2.24) is 5.32 Å². The highest BCUT2D eigenvalue weighted by Crippen LogP contribution is 2.22. The highest BCUT2D eigenvalue weighted by molar-refractivity contribution is 6.30. The largest absolute Gasteiger partial charge is 0.382 e. The molecule has 1 aromatic carbocycles. The predicted molar refractivity (Wildman–Crippen MR) is 65.9 cm³/mol. The maximum Gasteiger partial charge on any atom is 0.140 e. The molecule has 1 aromatic rings. The molecule has 0 aliphatic carbocycles. The summed E-state index contributed by atoms with van der Waals surface area (Å²) in [5, 5.41) is 6.84. The normalized spacial score (nSPS) is 25.4. The molecule has 1 fully saturated rings. The molecule has 2 N–H and O–H groups in total. The van der Waals surface area contributed by atoms with Crippen LogP contribution in [-0.2, 0) is 0 Å². The maximum absolute atomic E-state index is 14.2. The molecule has 4 heteroatoms. The number of halogens is 2. The maximum atomic E-state index is 14.2. The first-order valence-corrected chi connectivity index (χ1v) is 5.95. The lowest BCUT2D eigenvalue weighted by molar-refractivity contribution is 0.137. The van der Waals surface area contributed by atoms with Crippen LogP contribution in [0.3, 0.4) is 0 Å². The van der Waals surface area contributed by atoms with Gasteiger partial charge in [-0.05, 0) is 37.6 Å². The number of nitrogens with one attached hydrogen (secondary N) is 2. The van der Waals surface area contributed by atoms with E-state index in [-0.39, 0.29) is 0 Å². The van der Waals surface area contributed by atoms with Gasteiger partial charge in [-0.3, -0.25) is 0 Å². The third-order valence-corrected chi connectivity index (χ3v) is 3.09. The molecule has 2 rings (SSSR count). The first-order chi connectivity index (χ1) is 7.68. The summed E-state index contributed by atoms with van der Waals surface area (Å²) < 4.78 is 14.2. The van der Waals surface area contributed by atoms with Gasteiger partial charge in [0.1, 0.15) is 5.67 Å². The Balaban J connectivity index is 1.91. The van der Waals surface area contributed by atoms with E-state index >= 15 is 0 Å². The van der Waals surface area contributed by atoms with E-state index in [1.54, 1.807) is 12.1 Å². The minimum Gasteiger partial charge on any atom is -0.382 e. The van der Waals surface area contributed by atoms with Crippen LogP contribution in [0.15, 0.2) is 24.3 Å². The van der Waals surface area contributed by atoms with E-state index in [1.807, 2.05) is 12.1 Å². The molecule has 16 heavy (non-hydrogen) atoms. The van der Waals surface area contributed by atoms with Gasteiger partial charge in [-0.1, -0.05) is 17.7 Å². The molecule has 0 radical (unpaired) electrons. The Labute approximate surface area is 100 Å². The van der Waals surface area contributed by atoms with E-state index in [0.29, 0.717) is 24.5 Å². The average molecular weight is 243 g/mol. The van der Waals surface area contributed by atoms with Gasteiger partial charge in [-0.15, -0.1) is 0 Å². The predicted octanol–water partition coefficient (Wildman–Crippen LogP) is 2.84. The summed E-state index contributed by atoms with van der Waals surface area (Å²) in [5.41, 5.74) is -0.268. The molecule has 1 aliphatic heterocycles. The highest BCUT2D eigenvalue weighted by atomic mass is 35.5. The van der Waals surface area contributed by atoms with Crippen LogP contribution >= 0.6 is 11.6 Å². The van der Waals surface area contributed by atoms with Crippen molar-refractivity contribution < 1.29 is 4.39 Å². The summed E-state index contributed by atoms with van der Waals surface area (Å²) in [6.45, 7) is 1.68. The molecule has 2 nitrogen and oxygen atoms in total. The zero-order valence-corrected chi connectivity index (χ0v) is 9.86. The molecule has 1 unspecified atom stereocenters. The van der Waals surface area contributed by atoms with Crippen molar-refractivity contribution in [1.29, 1.82) is 0 Å². The van der Waals surface area contributed by atoms with Crippen molar-refractivity contribution in [2.24, 2.45) is 0 Å². The van der Waals surface area contributed by atoms with E-state index < -0.39 is 5.67 Å². The van der Waals surface area contributed by atoms with E-state index in [0.717, 1.165) is 18.7 Å². The quantitative estimate of drug-likeness (QED) is 0.852. The molecule has 1 atom stereocenters. The minimum atomic E-state index is -1.14. The molecule has 88 valence electrons. The monoisotopic (exact) mass is 242 g/mol. The van der Waals surface area contributed by atoms with Crippen LogP contribution in [0.4, 0.5) is 10.1 Å². The fourth-order valence-electron chi connectivity index (χ4n) is 1.94. The van der Waals surface area contributed by atoms with Crippen molar-refractivity contribution >= 4 is 17.3 Å². The minimum absolute atomic E-state index is 0.334. The molecule has 1 saturated heterocycles. The lowest BCUT2D eigenvalue weighted by Crippen LogP contribution is -2.46. The number of hydrogen-bond acceptors (Lipinski definition) is 2. The number of piperidine rings is 1. The second-order valence-corrected chi connectivity index (χ2v) is 4.73. The first kappa shape index (κ1) is 11.7. The lowest BCUT2D eigenvalue weighted by Gasteiger charge is -2.30. The van der Waals surface area contributed by atoms with Gasteiger partial charge in [0, 0.05) is 17.3 Å². The smallest absolute Gasteiger partial charge is 0.140 e. The standard InChI is InChI=1S/C12H16ClFN2/c13-10-3-1-4-11(7-10)16-9-12(14)5-2-6-15-8-12/h1,3-4,7,15-16H,2,5-6,8-9H2. The lowest BCUT2D eigenvalue weighted by atomic mass is 9.96. The molecule has 0 amide bonds. The molecule has 1 aliphatic rings. The van der Waals surface area contributed by atoms with Crippen LogP contribution in [0.25, 0.3) is 0 Å². The second-order valence-electron chi connectivity index (χ2n) is 4.30. The van der Waals surface area contributed by atoms with Crippen molar-refractivity contribution in [3.05, 3.63) is 29.3 Å². The van der Waals surface area contributed by atoms with Crippen molar-refractivity contribution in [3.8, 4) is 0 Å². The van der Waals surface area contributed by atoms with Crippen molar-refractivity contribution in [2.75, 3.05) is 25.0 Å². The van der Waals surface area contributed by atoms with Crippen LogP contribution in [0.1, 0.15) is 12.8 Å². The third kappa shape index (κ3) is 3.09. The molecule has 0 bridgehead atoms. The van der Waals surface area contributed by atoms with Gasteiger partial charge in [-0.2, -0.15) is 0 Å². The number of benzene rings is 1. The number of hydrogen-bond donors (Lipinski definition) is 2. The van der Waals surface area contributed by atoms with Crippen LogP contribution < -0.4 is 10.6 Å². The van der Waals surface area contributed by atoms with Gasteiger partial charge in [0.15, 0.2) is 0 Å². The zero-order valence-electron chi connectivity index (χ0n) is 9.10. The number of anilines is 1. The van der Waals surface area contributed by atoms with Gasteiger partial charge in [0.2, 0.25) is 0 Å². The first-order valence-electron chi connectivity index (χ1n) is 5.57. The average Bonchev–Trinajstić information content (AvgIpc) is 2.28. The molecule has 0 spiro atoms. The Bertz CT molecular complexity index is 351. The summed E-state index contributed by atoms with van der Waals surface area (Å²) in [4.78, 5) is 0. The Hall–Kier alpha value is -0.800. The molecule has 0 saturated carbocycles. The second kappa shape index (κ2) is 5.02. The van der Waals surface area contributed by atoms with Gasteiger partial charge in [0.25, 0.3) is 0 Å². The molecular weight excluding hydrogens is 227 g/mol. The van der Waals surface area contributed by atoms with E-state index in [9.17, 15) is 4.39 Å². The Morgan fingerprint density at radius 2 is 2.38 bits per heavy atom. The van der Waals surface area contributed by atoms with Crippen LogP contribution in [-0.4, -0.2) is 25.3 Å². The summed E-state index contributed by atoms with van der Waals surface area (Å²) in [7, 11) is 0. The summed E-state index contributed by atoms with van der Waals surface area (Å²) >= 11 is 5.85. The Morgan fingerprint density at radius 3 is 3.06 bits per heavy atom. The van der Waals surface area contributed by atoms with Gasteiger partial charge < -0.3 is 10.6 Å². The Kier molecular flexibility index (Phi) is 3.66. The Morgan fingerprint density at radius 1 is 1.50 bits per heavy atom. The van der Waals surface area contributed by atoms with E-state index in [4.69, 9.17) is 11.6 Å². The van der Waals surface area contributed by atoms with Gasteiger partial charge in [-0.25, -0.2) is 4.39 Å². The summed E-state index contributed by atoms with van der Waals surface area (Å²) in [5.74, 6) is 0. The van der Waals surface area contributed by atoms with Crippen LogP contribution in [0.5, 0.6) is 0 Å². The fourth-order valence-corrected chi connectivity index (χ4v) is 2.13. The fraction of sp³-hybridized carbons (Fsp3) is 0.500. The SMILES string of the molecule is FC1(CNc2cccc(Cl)c2)CCCNC1. The zero-order chi connectivity index (χ0) is 11.4. The molecule has 1 heterocycles. The van der Waals surface area contributed by atoms with Crippen molar-refractivity contribution in [3.63, 3.8) is 0 Å². The highest BCUT2D eigenvalue weighted by Gasteiger charge is 2.31. The van der Waals surface area contributed by atoms with E-state index in [1.165, 1.54) is 0 Å². The van der Waals surface area contributed by atoms with Crippen LogP contribution in [0.2, 0.25) is 5.02 Å². The summed E-state index contributed by atoms with van der Waals surface area (Å²) in [6, 6.07) is 7.36. The van der Waals surface area contributed by atoms with Crippen LogP contribution in [0, 0.1) is 0 Å². The van der Waals surface area contributed by atoms with Gasteiger partial charge >= 0.3 is 0 Å². The van der Waals surface area contributed by atoms with E-state index in [2.05, 4.69) is 10.6 Å². The van der Waals surface area contributed by atoms with Crippen molar-refractivity contribution in [2.45, 2.75) is 18.5 Å². The number of rotatable bonds is 3. The molecule has 0 aromatic heterocycles. The topological polar surface area (TPSA) is 24.1 Å². The molecular formula is C12H16ClFN2. The van der Waals surface area contributed by atoms with Gasteiger partial charge in [0.05, 0.1) is 6.54 Å². The summed E-state index contributed by atoms with van der Waals surface area (Å²) in [6.07, 6.45) is 1.52. The number of alkyl halides is 1. The third-order valence-electron chi connectivity index (χ3n) is 2.85.